The normalized spacial score (nSPS) is 16.8. The number of anilines is 1. The highest BCUT2D eigenvalue weighted by molar-refractivity contribution is 6.30. The van der Waals surface area contributed by atoms with Crippen LogP contribution in [0.2, 0.25) is 5.02 Å². The molecular weight excluding hydrogens is 1100 g/mol. The van der Waals surface area contributed by atoms with Crippen molar-refractivity contribution in [1.82, 2.24) is 51.7 Å². The zero-order chi connectivity index (χ0) is 60.4. The highest BCUT2D eigenvalue weighted by Gasteiger charge is 2.32. The Bertz CT molecular complexity index is 2630. The van der Waals surface area contributed by atoms with Crippen molar-refractivity contribution >= 4 is 47.3 Å². The van der Waals surface area contributed by atoms with Crippen LogP contribution >= 0.6 is 11.6 Å². The molecular formula is C64H94ClN11O9. The van der Waals surface area contributed by atoms with E-state index >= 15 is 0 Å². The molecule has 4 aliphatic rings. The fourth-order valence-electron chi connectivity index (χ4n) is 11.0. The molecule has 0 radical (unpaired) electrons. The van der Waals surface area contributed by atoms with Gasteiger partial charge in [-0.3, -0.25) is 24.0 Å². The van der Waals surface area contributed by atoms with Gasteiger partial charge in [0.1, 0.15) is 29.9 Å². The number of nitrogens with zero attached hydrogens (tertiary/aromatic N) is 5. The molecule has 2 aliphatic carbocycles. The van der Waals surface area contributed by atoms with Gasteiger partial charge in [-0.1, -0.05) is 93.4 Å². The van der Waals surface area contributed by atoms with Crippen LogP contribution in [-0.2, 0) is 41.6 Å². The van der Waals surface area contributed by atoms with Gasteiger partial charge in [0.25, 0.3) is 0 Å². The number of piperidine rings is 1. The molecule has 20 nitrogen and oxygen atoms in total. The van der Waals surface area contributed by atoms with Crippen LogP contribution in [0.4, 0.5) is 5.82 Å². The average Bonchev–Trinajstić information content (AvgIpc) is 3.20. The van der Waals surface area contributed by atoms with Crippen molar-refractivity contribution < 1.29 is 42.9 Å². The zero-order valence-corrected chi connectivity index (χ0v) is 51.5. The van der Waals surface area contributed by atoms with Gasteiger partial charge in [0.2, 0.25) is 23.6 Å². The second kappa shape index (κ2) is 38.7. The SMILES string of the molecule is C1CCCCC1.CCOc1cc(OC)ccc1CNCC(=O)N1CCCC(c2cccc(C=O)c2)C1.CNCC(=O)NCCOCCOCCNCC(=O)NCCNCC(C(=O)N1CCN(c2ncnc3c2C(C)CC3)CC1)c1ccc(Cl)cc1. The van der Waals surface area contributed by atoms with Gasteiger partial charge in [-0.15, -0.1) is 0 Å². The van der Waals surface area contributed by atoms with Crippen LogP contribution < -0.4 is 46.3 Å². The number of carbonyl (C=O) groups excluding carboxylic acids is 5. The first-order valence-electron chi connectivity index (χ1n) is 30.7. The Balaban J connectivity index is 0.000000270. The molecule has 21 heteroatoms. The fraction of sp³-hybridized carbons (Fsp3) is 0.578. The molecule has 3 heterocycles. The maximum atomic E-state index is 13.9. The number of carbonyl (C=O) groups is 5. The van der Waals surface area contributed by atoms with Crippen LogP contribution in [0.15, 0.2) is 73.1 Å². The summed E-state index contributed by atoms with van der Waals surface area (Å²) >= 11 is 6.15. The van der Waals surface area contributed by atoms with Crippen molar-refractivity contribution in [3.8, 4) is 11.5 Å². The number of nitrogens with one attached hydrogen (secondary N) is 6. The number of fused-ring (bicyclic) bond motifs is 1. The molecule has 3 fully saturated rings. The molecule has 4 amide bonds. The maximum Gasteiger partial charge on any atom is 0.236 e. The molecule has 85 heavy (non-hydrogen) atoms. The van der Waals surface area contributed by atoms with Crippen LogP contribution in [-0.4, -0.2) is 189 Å². The van der Waals surface area contributed by atoms with Gasteiger partial charge < -0.3 is 65.5 Å². The topological polar surface area (TPSA) is 230 Å². The molecule has 4 aromatic rings. The number of aromatic nitrogens is 2. The first kappa shape index (κ1) is 67.9. The number of hydrogen-bond donors (Lipinski definition) is 6. The number of likely N-dealkylation sites (N-methyl/N-ethyl adjacent to an activating group) is 1. The molecule has 2 aliphatic heterocycles. The second-order valence-corrected chi connectivity index (χ2v) is 22.3. The minimum Gasteiger partial charge on any atom is -0.497 e. The van der Waals surface area contributed by atoms with Gasteiger partial charge in [-0.05, 0) is 81.0 Å². The van der Waals surface area contributed by atoms with E-state index in [0.29, 0.717) is 108 Å². The summed E-state index contributed by atoms with van der Waals surface area (Å²) in [6.45, 7) is 14.3. The van der Waals surface area contributed by atoms with Gasteiger partial charge in [-0.25, -0.2) is 9.97 Å². The van der Waals surface area contributed by atoms with E-state index in [-0.39, 0.29) is 55.1 Å². The number of halogens is 1. The molecule has 1 saturated carbocycles. The number of likely N-dealkylation sites (tertiary alicyclic amines) is 1. The van der Waals surface area contributed by atoms with Crippen molar-refractivity contribution in [2.24, 2.45) is 0 Å². The van der Waals surface area contributed by atoms with E-state index in [1.807, 2.05) is 83.5 Å². The van der Waals surface area contributed by atoms with Crippen molar-refractivity contribution in [3.63, 3.8) is 0 Å². The van der Waals surface area contributed by atoms with E-state index in [2.05, 4.69) is 53.7 Å². The fourth-order valence-corrected chi connectivity index (χ4v) is 11.1. The van der Waals surface area contributed by atoms with E-state index in [1.165, 1.54) is 44.1 Å². The largest absolute Gasteiger partial charge is 0.497 e. The zero-order valence-electron chi connectivity index (χ0n) is 50.7. The highest BCUT2D eigenvalue weighted by atomic mass is 35.5. The lowest BCUT2D eigenvalue weighted by molar-refractivity contribution is -0.133. The lowest BCUT2D eigenvalue weighted by atomic mass is 9.90. The first-order valence-corrected chi connectivity index (χ1v) is 31.1. The first-order chi connectivity index (χ1) is 41.5. The summed E-state index contributed by atoms with van der Waals surface area (Å²) in [5.74, 6) is 2.87. The third-order valence-electron chi connectivity index (χ3n) is 15.6. The Kier molecular flexibility index (Phi) is 30.9. The summed E-state index contributed by atoms with van der Waals surface area (Å²) in [6.07, 6.45) is 15.6. The summed E-state index contributed by atoms with van der Waals surface area (Å²) in [5.41, 5.74) is 6.13. The smallest absolute Gasteiger partial charge is 0.236 e. The van der Waals surface area contributed by atoms with Crippen LogP contribution in [0.5, 0.6) is 11.5 Å². The van der Waals surface area contributed by atoms with E-state index < -0.39 is 0 Å². The molecule has 3 atom stereocenters. The molecule has 0 bridgehead atoms. The molecule has 8 rings (SSSR count). The molecule has 3 aromatic carbocycles. The Hall–Kier alpha value is -6.26. The van der Waals surface area contributed by atoms with E-state index in [1.54, 1.807) is 20.5 Å². The lowest BCUT2D eigenvalue weighted by Gasteiger charge is -2.38. The third kappa shape index (κ3) is 23.5. The predicted octanol–water partition coefficient (Wildman–Crippen LogP) is 6.02. The maximum absolute atomic E-state index is 13.9. The van der Waals surface area contributed by atoms with Crippen molar-refractivity contribution in [2.75, 3.05) is 144 Å². The number of aryl methyl sites for hydroxylation is 1. The van der Waals surface area contributed by atoms with Crippen LogP contribution in [0.1, 0.15) is 128 Å². The lowest BCUT2D eigenvalue weighted by Crippen LogP contribution is -2.51. The molecule has 466 valence electrons. The number of methoxy groups -OCH3 is 1. The van der Waals surface area contributed by atoms with Crippen LogP contribution in [0, 0.1) is 0 Å². The van der Waals surface area contributed by atoms with E-state index in [0.717, 1.165) is 91.3 Å². The summed E-state index contributed by atoms with van der Waals surface area (Å²) in [7, 11) is 3.35. The Morgan fingerprint density at radius 2 is 1.46 bits per heavy atom. The quantitative estimate of drug-likeness (QED) is 0.0259. The van der Waals surface area contributed by atoms with Crippen molar-refractivity contribution in [3.05, 3.63) is 112 Å². The number of benzene rings is 3. The molecule has 2 saturated heterocycles. The monoisotopic (exact) mass is 1200 g/mol. The number of hydrogen-bond acceptors (Lipinski definition) is 16. The summed E-state index contributed by atoms with van der Waals surface area (Å²) in [5, 5.41) is 18.7. The molecule has 6 N–H and O–H groups in total. The molecule has 0 spiro atoms. The summed E-state index contributed by atoms with van der Waals surface area (Å²) < 4.78 is 21.9. The Labute approximate surface area is 509 Å². The minimum atomic E-state index is -0.376. The number of ether oxygens (including phenoxy) is 4. The number of rotatable bonds is 30. The van der Waals surface area contributed by atoms with Crippen molar-refractivity contribution in [2.45, 2.75) is 102 Å². The minimum absolute atomic E-state index is 0.0682. The predicted molar refractivity (Wildman–Crippen MR) is 333 cm³/mol. The highest BCUT2D eigenvalue weighted by Crippen LogP contribution is 2.37. The molecule has 1 aromatic heterocycles. The van der Waals surface area contributed by atoms with Gasteiger partial charge in [0.15, 0.2) is 0 Å². The van der Waals surface area contributed by atoms with E-state index in [9.17, 15) is 24.0 Å². The Morgan fingerprint density at radius 1 is 0.741 bits per heavy atom. The van der Waals surface area contributed by atoms with Crippen LogP contribution in [0.3, 0.4) is 0 Å². The number of aldehydes is 1. The van der Waals surface area contributed by atoms with Gasteiger partial charge in [0.05, 0.1) is 65.7 Å². The second-order valence-electron chi connectivity index (χ2n) is 21.8. The van der Waals surface area contributed by atoms with Crippen molar-refractivity contribution in [1.29, 1.82) is 0 Å². The summed E-state index contributed by atoms with van der Waals surface area (Å²) in [4.78, 5) is 76.6. The number of amides is 4. The van der Waals surface area contributed by atoms with Gasteiger partial charge in [0, 0.05) is 118 Å². The van der Waals surface area contributed by atoms with Crippen LogP contribution in [0.25, 0.3) is 0 Å². The third-order valence-corrected chi connectivity index (χ3v) is 15.9. The number of piperazine rings is 1. The Morgan fingerprint density at radius 3 is 2.16 bits per heavy atom. The van der Waals surface area contributed by atoms with Gasteiger partial charge in [-0.2, -0.15) is 0 Å². The molecule has 3 unspecified atom stereocenters. The summed E-state index contributed by atoms with van der Waals surface area (Å²) in [6, 6.07) is 20.9. The van der Waals surface area contributed by atoms with Gasteiger partial charge >= 0.3 is 0 Å². The standard InChI is InChI=1S/C34H52ClN9O5.C24H30N2O4.C6H12/c1-25-3-8-29-32(25)33(42-24-41-29)43-13-15-44(16-14-43)34(47)28(26-4-6-27(35)7-5-26)21-37-9-10-39-31(46)23-38-11-17-48-19-20-49-18-12-40-30(45)22-36-2;1-3-30-23-13-22(29-2)10-9-20(23)14-25-15-24(28)26-11-5-8-21(16-26)19-7-4-6-18(12-19)17-27;1-2-4-6-5-3-1/h4-7,24-25,28,36-38H,3,8-23H2,1-2H3,(H,39,46)(H,40,45);4,6-7,9-10,12-13,17,21,25H,3,5,8,11,14-16H2,1-2H3;1-6H2. The average molecular weight is 1200 g/mol. The van der Waals surface area contributed by atoms with E-state index in [4.69, 9.17) is 30.5 Å².